The third-order valence-corrected chi connectivity index (χ3v) is 4.52. The Bertz CT molecular complexity index is 448. The van der Waals surface area contributed by atoms with Crippen molar-refractivity contribution in [1.29, 1.82) is 0 Å². The second-order valence-corrected chi connectivity index (χ2v) is 5.94. The van der Waals surface area contributed by atoms with Gasteiger partial charge in [0.15, 0.2) is 0 Å². The van der Waals surface area contributed by atoms with Crippen LogP contribution < -0.4 is 5.32 Å². The summed E-state index contributed by atoms with van der Waals surface area (Å²) in [5.41, 5.74) is 2.08. The molecule has 1 saturated heterocycles. The van der Waals surface area contributed by atoms with E-state index in [2.05, 4.69) is 36.2 Å². The molecule has 1 heterocycles. The van der Waals surface area contributed by atoms with Gasteiger partial charge in [-0.05, 0) is 62.4 Å². The fraction of sp³-hybridized carbons (Fsp3) is 0.611. The van der Waals surface area contributed by atoms with Crippen LogP contribution in [-0.2, 0) is 0 Å². The minimum absolute atomic E-state index is 0.0574. The molecule has 0 spiro atoms. The van der Waals surface area contributed by atoms with Gasteiger partial charge in [0.25, 0.3) is 5.91 Å². The third-order valence-electron chi connectivity index (χ3n) is 4.52. The molecule has 2 rings (SSSR count). The van der Waals surface area contributed by atoms with Crippen LogP contribution in [0.3, 0.4) is 0 Å². The minimum Gasteiger partial charge on any atom is -0.351 e. The molecule has 0 aromatic heterocycles. The fourth-order valence-corrected chi connectivity index (χ4v) is 3.13. The molecule has 1 aliphatic rings. The molecule has 1 aromatic carbocycles. The van der Waals surface area contributed by atoms with E-state index in [1.165, 1.54) is 31.5 Å². The first-order valence-corrected chi connectivity index (χ1v) is 8.35. The number of nitrogens with zero attached hydrogens (tertiary/aromatic N) is 1. The summed E-state index contributed by atoms with van der Waals surface area (Å²) in [4.78, 5) is 14.7. The minimum atomic E-state index is 0.0574. The number of likely N-dealkylation sites (tertiary alicyclic amines) is 1. The molecule has 1 N–H and O–H groups in total. The fourth-order valence-electron chi connectivity index (χ4n) is 3.13. The Morgan fingerprint density at radius 1 is 1.24 bits per heavy atom. The van der Waals surface area contributed by atoms with Crippen molar-refractivity contribution in [3.05, 3.63) is 35.4 Å². The van der Waals surface area contributed by atoms with E-state index in [-0.39, 0.29) is 5.91 Å². The smallest absolute Gasteiger partial charge is 0.251 e. The summed E-state index contributed by atoms with van der Waals surface area (Å²) in [6.45, 7) is 8.49. The zero-order valence-electron chi connectivity index (χ0n) is 13.4. The summed E-state index contributed by atoms with van der Waals surface area (Å²) >= 11 is 0. The van der Waals surface area contributed by atoms with Gasteiger partial charge in [-0.3, -0.25) is 4.79 Å². The molecular weight excluding hydrogens is 260 g/mol. The van der Waals surface area contributed by atoms with Crippen LogP contribution in [0.5, 0.6) is 0 Å². The number of nitrogens with one attached hydrogen (secondary N) is 1. The Hall–Kier alpha value is -1.35. The van der Waals surface area contributed by atoms with E-state index in [1.807, 2.05) is 12.1 Å². The van der Waals surface area contributed by atoms with Crippen molar-refractivity contribution in [2.45, 2.75) is 45.4 Å². The molecule has 1 aliphatic heterocycles. The highest BCUT2D eigenvalue weighted by atomic mass is 16.1. The van der Waals surface area contributed by atoms with Gasteiger partial charge in [-0.15, -0.1) is 0 Å². The highest BCUT2D eigenvalue weighted by Crippen LogP contribution is 2.23. The average Bonchev–Trinajstić information content (AvgIpc) is 3.02. The highest BCUT2D eigenvalue weighted by molar-refractivity contribution is 5.94. The van der Waals surface area contributed by atoms with Gasteiger partial charge in [0.1, 0.15) is 0 Å². The molecule has 0 unspecified atom stereocenters. The lowest BCUT2D eigenvalue weighted by molar-refractivity contribution is 0.0949. The van der Waals surface area contributed by atoms with Gasteiger partial charge in [0.05, 0.1) is 0 Å². The Morgan fingerprint density at radius 3 is 2.62 bits per heavy atom. The molecule has 116 valence electrons. The van der Waals surface area contributed by atoms with Gasteiger partial charge in [0, 0.05) is 18.7 Å². The first kappa shape index (κ1) is 16.0. The van der Waals surface area contributed by atoms with E-state index < -0.39 is 0 Å². The van der Waals surface area contributed by atoms with E-state index in [1.54, 1.807) is 0 Å². The van der Waals surface area contributed by atoms with Gasteiger partial charge in [0.2, 0.25) is 0 Å². The number of hydrogen-bond acceptors (Lipinski definition) is 2. The number of rotatable bonds is 7. The highest BCUT2D eigenvalue weighted by Gasteiger charge is 2.13. The summed E-state index contributed by atoms with van der Waals surface area (Å²) in [6.07, 6.45) is 4.84. The summed E-state index contributed by atoms with van der Waals surface area (Å²) in [6, 6.07) is 8.11. The quantitative estimate of drug-likeness (QED) is 0.834. The first-order valence-electron chi connectivity index (χ1n) is 8.35. The Morgan fingerprint density at radius 2 is 1.95 bits per heavy atom. The maximum absolute atomic E-state index is 12.2. The lowest BCUT2D eigenvalue weighted by atomic mass is 9.93. The topological polar surface area (TPSA) is 32.3 Å². The molecule has 0 aliphatic carbocycles. The molecule has 1 aromatic rings. The summed E-state index contributed by atoms with van der Waals surface area (Å²) in [7, 11) is 0. The van der Waals surface area contributed by atoms with Crippen LogP contribution in [0, 0.1) is 0 Å². The first-order chi connectivity index (χ1) is 10.2. The van der Waals surface area contributed by atoms with Gasteiger partial charge in [-0.1, -0.05) is 26.0 Å². The van der Waals surface area contributed by atoms with Crippen molar-refractivity contribution in [1.82, 2.24) is 10.2 Å². The van der Waals surface area contributed by atoms with E-state index in [4.69, 9.17) is 0 Å². The summed E-state index contributed by atoms with van der Waals surface area (Å²) in [5.74, 6) is 0.615. The van der Waals surface area contributed by atoms with Gasteiger partial charge in [-0.2, -0.15) is 0 Å². The van der Waals surface area contributed by atoms with Gasteiger partial charge >= 0.3 is 0 Å². The van der Waals surface area contributed by atoms with Crippen molar-refractivity contribution in [2.75, 3.05) is 26.2 Å². The van der Waals surface area contributed by atoms with Crippen LogP contribution in [-0.4, -0.2) is 37.0 Å². The zero-order chi connectivity index (χ0) is 15.1. The van der Waals surface area contributed by atoms with Gasteiger partial charge in [-0.25, -0.2) is 0 Å². The summed E-state index contributed by atoms with van der Waals surface area (Å²) < 4.78 is 0. The predicted octanol–water partition coefficient (Wildman–Crippen LogP) is 3.42. The number of benzene rings is 1. The largest absolute Gasteiger partial charge is 0.351 e. The second-order valence-electron chi connectivity index (χ2n) is 5.94. The maximum Gasteiger partial charge on any atom is 0.251 e. The van der Waals surface area contributed by atoms with E-state index in [0.717, 1.165) is 31.5 Å². The van der Waals surface area contributed by atoms with E-state index in [9.17, 15) is 4.79 Å². The number of amides is 1. The Labute approximate surface area is 128 Å². The van der Waals surface area contributed by atoms with Crippen molar-refractivity contribution in [3.63, 3.8) is 0 Å². The molecule has 0 saturated carbocycles. The number of carbonyl (C=O) groups excluding carboxylic acids is 1. The third kappa shape index (κ3) is 4.57. The Kier molecular flexibility index (Phi) is 6.24. The molecule has 0 atom stereocenters. The van der Waals surface area contributed by atoms with Crippen molar-refractivity contribution in [2.24, 2.45) is 0 Å². The maximum atomic E-state index is 12.2. The summed E-state index contributed by atoms with van der Waals surface area (Å²) in [5, 5.41) is 3.05. The van der Waals surface area contributed by atoms with Crippen molar-refractivity contribution < 1.29 is 4.79 Å². The normalized spacial score (nSPS) is 15.6. The monoisotopic (exact) mass is 288 g/mol. The molecule has 1 fully saturated rings. The lowest BCUT2D eigenvalue weighted by Gasteiger charge is -2.16. The van der Waals surface area contributed by atoms with Crippen molar-refractivity contribution in [3.8, 4) is 0 Å². The molecule has 1 amide bonds. The predicted molar refractivity (Wildman–Crippen MR) is 87.8 cm³/mol. The van der Waals surface area contributed by atoms with Crippen LogP contribution in [0.25, 0.3) is 0 Å². The van der Waals surface area contributed by atoms with Crippen LogP contribution in [0.4, 0.5) is 0 Å². The Balaban J connectivity index is 1.87. The van der Waals surface area contributed by atoms with E-state index >= 15 is 0 Å². The molecule has 21 heavy (non-hydrogen) atoms. The molecule has 0 radical (unpaired) electrons. The molecule has 0 bridgehead atoms. The van der Waals surface area contributed by atoms with Crippen LogP contribution >= 0.6 is 0 Å². The molecule has 3 heteroatoms. The number of carbonyl (C=O) groups is 1. The average molecular weight is 288 g/mol. The SMILES string of the molecule is CCC(CC)c1cccc(C(=O)NCCN2CCCC2)c1. The van der Waals surface area contributed by atoms with Crippen LogP contribution in [0.2, 0.25) is 0 Å². The van der Waals surface area contributed by atoms with E-state index in [0.29, 0.717) is 5.92 Å². The standard InChI is InChI=1S/C18H28N2O/c1-3-15(4-2)16-8-7-9-17(14-16)18(21)19-10-13-20-11-5-6-12-20/h7-9,14-15H,3-6,10-13H2,1-2H3,(H,19,21). The lowest BCUT2D eigenvalue weighted by Crippen LogP contribution is -2.33. The van der Waals surface area contributed by atoms with Crippen LogP contribution in [0.1, 0.15) is 61.4 Å². The van der Waals surface area contributed by atoms with Crippen LogP contribution in [0.15, 0.2) is 24.3 Å². The zero-order valence-corrected chi connectivity index (χ0v) is 13.4. The number of hydrogen-bond donors (Lipinski definition) is 1. The second kappa shape index (κ2) is 8.18. The van der Waals surface area contributed by atoms with Crippen molar-refractivity contribution >= 4 is 5.91 Å². The molecule has 3 nitrogen and oxygen atoms in total. The molecular formula is C18H28N2O. The van der Waals surface area contributed by atoms with Gasteiger partial charge < -0.3 is 10.2 Å².